The predicted molar refractivity (Wildman–Crippen MR) is 84.7 cm³/mol. The highest BCUT2D eigenvalue weighted by Crippen LogP contribution is 2.38. The molecule has 1 aromatic carbocycles. The van der Waals surface area contributed by atoms with E-state index in [4.69, 9.17) is 11.6 Å². The molecule has 0 bridgehead atoms. The van der Waals surface area contributed by atoms with E-state index < -0.39 is 17.7 Å². The van der Waals surface area contributed by atoms with E-state index in [9.17, 15) is 13.6 Å². The Balaban J connectivity index is 2.13. The standard InChI is InChI=1S/C16H14ClF2N3O/c1-8-5-12-16(20-6-8)21-7-13(23)22(12)9(2)14-10(18)3-4-11(19)15(14)17/h3-6,9H,7H2,1-2H3,(H,20,21). The van der Waals surface area contributed by atoms with Crippen LogP contribution in [0.15, 0.2) is 24.4 Å². The Labute approximate surface area is 137 Å². The van der Waals surface area contributed by atoms with Crippen LogP contribution in [-0.2, 0) is 4.79 Å². The number of pyridine rings is 1. The molecule has 23 heavy (non-hydrogen) atoms. The van der Waals surface area contributed by atoms with Gasteiger partial charge in [-0.05, 0) is 37.6 Å². The molecule has 2 heterocycles. The van der Waals surface area contributed by atoms with E-state index in [2.05, 4.69) is 10.3 Å². The molecule has 1 aliphatic heterocycles. The van der Waals surface area contributed by atoms with Gasteiger partial charge in [-0.2, -0.15) is 0 Å². The summed E-state index contributed by atoms with van der Waals surface area (Å²) in [6.45, 7) is 3.48. The van der Waals surface area contributed by atoms with Gasteiger partial charge in [0.25, 0.3) is 0 Å². The lowest BCUT2D eigenvalue weighted by Gasteiger charge is -2.35. The Morgan fingerprint density at radius 1 is 1.35 bits per heavy atom. The zero-order valence-electron chi connectivity index (χ0n) is 12.5. The summed E-state index contributed by atoms with van der Waals surface area (Å²) in [6.07, 6.45) is 1.67. The van der Waals surface area contributed by atoms with Crippen LogP contribution >= 0.6 is 11.6 Å². The molecule has 0 radical (unpaired) electrons. The number of benzene rings is 1. The summed E-state index contributed by atoms with van der Waals surface area (Å²) in [6, 6.07) is 2.98. The van der Waals surface area contributed by atoms with Gasteiger partial charge in [0.2, 0.25) is 5.91 Å². The van der Waals surface area contributed by atoms with Gasteiger partial charge in [0.1, 0.15) is 17.5 Å². The van der Waals surface area contributed by atoms with Crippen molar-refractivity contribution in [1.29, 1.82) is 0 Å². The first-order valence-corrected chi connectivity index (χ1v) is 7.44. The van der Waals surface area contributed by atoms with Gasteiger partial charge < -0.3 is 5.32 Å². The first kappa shape index (κ1) is 15.7. The van der Waals surface area contributed by atoms with Gasteiger partial charge in [-0.1, -0.05) is 11.6 Å². The fraction of sp³-hybridized carbons (Fsp3) is 0.250. The van der Waals surface area contributed by atoms with Crippen LogP contribution in [0, 0.1) is 18.6 Å². The summed E-state index contributed by atoms with van der Waals surface area (Å²) in [5.74, 6) is -1.12. The SMILES string of the molecule is Cc1cnc2c(c1)N(C(C)c1c(F)ccc(F)c1Cl)C(=O)CN2. The number of carbonyl (C=O) groups is 1. The number of carbonyl (C=O) groups excluding carboxylic acids is 1. The number of aromatic nitrogens is 1. The maximum absolute atomic E-state index is 14.2. The Bertz CT molecular complexity index is 797. The molecule has 3 rings (SSSR count). The first-order valence-electron chi connectivity index (χ1n) is 7.06. The third-order valence-corrected chi connectivity index (χ3v) is 4.21. The summed E-state index contributed by atoms with van der Waals surface area (Å²) < 4.78 is 27.9. The van der Waals surface area contributed by atoms with Gasteiger partial charge in [-0.25, -0.2) is 13.8 Å². The molecule has 0 aliphatic carbocycles. The molecule has 1 amide bonds. The van der Waals surface area contributed by atoms with Crippen molar-refractivity contribution in [1.82, 2.24) is 4.98 Å². The van der Waals surface area contributed by atoms with Crippen LogP contribution in [0.3, 0.4) is 0 Å². The highest BCUT2D eigenvalue weighted by molar-refractivity contribution is 6.31. The van der Waals surface area contributed by atoms with E-state index in [1.54, 1.807) is 19.2 Å². The minimum absolute atomic E-state index is 0.0297. The molecular formula is C16H14ClF2N3O. The lowest BCUT2D eigenvalue weighted by atomic mass is 10.0. The molecule has 1 N–H and O–H groups in total. The van der Waals surface area contributed by atoms with E-state index >= 15 is 0 Å². The maximum Gasteiger partial charge on any atom is 0.247 e. The summed E-state index contributed by atoms with van der Waals surface area (Å²) in [5, 5.41) is 2.60. The van der Waals surface area contributed by atoms with Crippen molar-refractivity contribution in [3.05, 3.63) is 52.2 Å². The largest absolute Gasteiger partial charge is 0.359 e. The van der Waals surface area contributed by atoms with Crippen molar-refractivity contribution in [3.63, 3.8) is 0 Å². The van der Waals surface area contributed by atoms with E-state index in [1.807, 2.05) is 6.92 Å². The first-order chi connectivity index (χ1) is 10.9. The second kappa shape index (κ2) is 5.77. The van der Waals surface area contributed by atoms with Crippen molar-refractivity contribution in [2.45, 2.75) is 19.9 Å². The van der Waals surface area contributed by atoms with Crippen molar-refractivity contribution < 1.29 is 13.6 Å². The number of hydrogen-bond acceptors (Lipinski definition) is 3. The lowest BCUT2D eigenvalue weighted by Crippen LogP contribution is -2.42. The molecule has 0 saturated heterocycles. The monoisotopic (exact) mass is 337 g/mol. The fourth-order valence-corrected chi connectivity index (χ4v) is 3.04. The summed E-state index contributed by atoms with van der Waals surface area (Å²) in [4.78, 5) is 18.0. The molecule has 1 aromatic heterocycles. The Hall–Kier alpha value is -2.21. The normalized spacial score (nSPS) is 15.2. The van der Waals surface area contributed by atoms with Crippen LogP contribution in [0.4, 0.5) is 20.3 Å². The highest BCUT2D eigenvalue weighted by atomic mass is 35.5. The van der Waals surface area contributed by atoms with Crippen LogP contribution in [0.5, 0.6) is 0 Å². The fourth-order valence-electron chi connectivity index (χ4n) is 2.73. The minimum atomic E-state index is -0.768. The molecule has 120 valence electrons. The highest BCUT2D eigenvalue weighted by Gasteiger charge is 2.32. The zero-order chi connectivity index (χ0) is 16.7. The van der Waals surface area contributed by atoms with Crippen molar-refractivity contribution in [2.24, 2.45) is 0 Å². The van der Waals surface area contributed by atoms with E-state index in [0.29, 0.717) is 11.5 Å². The van der Waals surface area contributed by atoms with Crippen molar-refractivity contribution in [3.8, 4) is 0 Å². The number of anilines is 2. The number of aryl methyl sites for hydroxylation is 1. The second-order valence-electron chi connectivity index (χ2n) is 5.43. The number of nitrogens with zero attached hydrogens (tertiary/aromatic N) is 2. The summed E-state index contributed by atoms with van der Waals surface area (Å²) >= 11 is 5.93. The molecule has 7 heteroatoms. The number of halogens is 3. The Kier molecular flexibility index (Phi) is 3.93. The number of hydrogen-bond donors (Lipinski definition) is 1. The van der Waals surface area contributed by atoms with Gasteiger partial charge in [0.15, 0.2) is 0 Å². The third-order valence-electron chi connectivity index (χ3n) is 3.82. The zero-order valence-corrected chi connectivity index (χ0v) is 13.3. The average molecular weight is 338 g/mol. The van der Waals surface area contributed by atoms with Gasteiger partial charge in [0, 0.05) is 11.8 Å². The number of fused-ring (bicyclic) bond motifs is 1. The molecule has 1 atom stereocenters. The minimum Gasteiger partial charge on any atom is -0.359 e. The van der Waals surface area contributed by atoms with Gasteiger partial charge in [-0.15, -0.1) is 0 Å². The second-order valence-corrected chi connectivity index (χ2v) is 5.81. The summed E-state index contributed by atoms with van der Waals surface area (Å²) in [7, 11) is 0. The van der Waals surface area contributed by atoms with Gasteiger partial charge in [0.05, 0.1) is 23.3 Å². The number of nitrogens with one attached hydrogen (secondary N) is 1. The number of amides is 1. The van der Waals surface area contributed by atoms with Crippen LogP contribution in [0.1, 0.15) is 24.1 Å². The molecule has 2 aromatic rings. The van der Waals surface area contributed by atoms with Gasteiger partial charge in [-0.3, -0.25) is 9.69 Å². The van der Waals surface area contributed by atoms with Crippen molar-refractivity contribution >= 4 is 29.0 Å². The number of rotatable bonds is 2. The average Bonchev–Trinajstić information content (AvgIpc) is 2.51. The topological polar surface area (TPSA) is 45.2 Å². The maximum atomic E-state index is 14.2. The molecule has 1 unspecified atom stereocenters. The quantitative estimate of drug-likeness (QED) is 0.847. The molecule has 1 aliphatic rings. The van der Waals surface area contributed by atoms with Crippen LogP contribution < -0.4 is 10.2 Å². The van der Waals surface area contributed by atoms with Gasteiger partial charge >= 0.3 is 0 Å². The van der Waals surface area contributed by atoms with Crippen LogP contribution in [0.2, 0.25) is 5.02 Å². The van der Waals surface area contributed by atoms with Crippen LogP contribution in [-0.4, -0.2) is 17.4 Å². The van der Waals surface area contributed by atoms with Crippen molar-refractivity contribution in [2.75, 3.05) is 16.8 Å². The molecule has 4 nitrogen and oxygen atoms in total. The van der Waals surface area contributed by atoms with E-state index in [0.717, 1.165) is 17.7 Å². The molecule has 0 saturated carbocycles. The predicted octanol–water partition coefficient (Wildman–Crippen LogP) is 3.84. The molecule has 0 fully saturated rings. The van der Waals surface area contributed by atoms with E-state index in [1.165, 1.54) is 4.90 Å². The smallest absolute Gasteiger partial charge is 0.247 e. The Morgan fingerprint density at radius 2 is 2.04 bits per heavy atom. The third kappa shape index (κ3) is 2.63. The van der Waals surface area contributed by atoms with E-state index in [-0.39, 0.29) is 23.0 Å². The lowest BCUT2D eigenvalue weighted by molar-refractivity contribution is -0.117. The molecular weight excluding hydrogens is 324 g/mol. The summed E-state index contributed by atoms with van der Waals surface area (Å²) in [5.41, 5.74) is 1.33. The molecule has 0 spiro atoms. The van der Waals surface area contributed by atoms with Crippen LogP contribution in [0.25, 0.3) is 0 Å². The Morgan fingerprint density at radius 3 is 2.78 bits per heavy atom.